The molecular weight excluding hydrogens is 302 g/mol. The van der Waals surface area contributed by atoms with E-state index in [1.807, 2.05) is 26.0 Å². The SMILES string of the molecule is Cc1ccc(NS(=O)(=O)C2C=CC3=NC(=O)NC3=C2)c(C)c1. The van der Waals surface area contributed by atoms with E-state index in [2.05, 4.69) is 15.0 Å². The van der Waals surface area contributed by atoms with Crippen molar-refractivity contribution in [2.45, 2.75) is 19.1 Å². The third-order valence-electron chi connectivity index (χ3n) is 3.51. The van der Waals surface area contributed by atoms with Crippen molar-refractivity contribution in [2.75, 3.05) is 4.72 Å². The zero-order valence-electron chi connectivity index (χ0n) is 12.1. The first-order chi connectivity index (χ1) is 10.3. The molecule has 0 spiro atoms. The summed E-state index contributed by atoms with van der Waals surface area (Å²) in [4.78, 5) is 14.9. The van der Waals surface area contributed by atoms with Gasteiger partial charge in [-0.05, 0) is 37.6 Å². The molecule has 1 aromatic carbocycles. The van der Waals surface area contributed by atoms with Crippen molar-refractivity contribution in [3.05, 3.63) is 53.3 Å². The summed E-state index contributed by atoms with van der Waals surface area (Å²) in [7, 11) is -3.65. The van der Waals surface area contributed by atoms with Gasteiger partial charge in [-0.3, -0.25) is 4.72 Å². The van der Waals surface area contributed by atoms with Crippen LogP contribution in [0.5, 0.6) is 0 Å². The van der Waals surface area contributed by atoms with Crippen molar-refractivity contribution < 1.29 is 13.2 Å². The highest BCUT2D eigenvalue weighted by molar-refractivity contribution is 7.93. The normalized spacial score (nSPS) is 20.1. The fourth-order valence-corrected chi connectivity index (χ4v) is 3.65. The molecule has 1 aromatic rings. The van der Waals surface area contributed by atoms with Gasteiger partial charge in [-0.1, -0.05) is 23.8 Å². The zero-order chi connectivity index (χ0) is 15.9. The van der Waals surface area contributed by atoms with Crippen LogP contribution in [0.15, 0.2) is 47.1 Å². The van der Waals surface area contributed by atoms with E-state index in [4.69, 9.17) is 0 Å². The van der Waals surface area contributed by atoms with Crippen LogP contribution >= 0.6 is 0 Å². The van der Waals surface area contributed by atoms with E-state index in [9.17, 15) is 13.2 Å². The number of sulfonamides is 1. The van der Waals surface area contributed by atoms with Crippen LogP contribution in [0.3, 0.4) is 0 Å². The number of carbonyl (C=O) groups is 1. The van der Waals surface area contributed by atoms with Crippen LogP contribution in [0, 0.1) is 13.8 Å². The first kappa shape index (κ1) is 14.5. The molecule has 0 aromatic heterocycles. The van der Waals surface area contributed by atoms with Gasteiger partial charge >= 0.3 is 6.03 Å². The van der Waals surface area contributed by atoms with Crippen molar-refractivity contribution in [1.29, 1.82) is 0 Å². The number of aryl methyl sites for hydroxylation is 2. The van der Waals surface area contributed by atoms with Crippen LogP contribution in [0.2, 0.25) is 0 Å². The predicted molar refractivity (Wildman–Crippen MR) is 85.4 cm³/mol. The van der Waals surface area contributed by atoms with Crippen molar-refractivity contribution in [3.8, 4) is 0 Å². The third-order valence-corrected chi connectivity index (χ3v) is 5.02. The van der Waals surface area contributed by atoms with Gasteiger partial charge < -0.3 is 5.32 Å². The summed E-state index contributed by atoms with van der Waals surface area (Å²) in [6.45, 7) is 3.80. The number of benzene rings is 1. The van der Waals surface area contributed by atoms with E-state index < -0.39 is 21.3 Å². The Bertz CT molecular complexity index is 851. The molecule has 1 unspecified atom stereocenters. The van der Waals surface area contributed by atoms with Crippen molar-refractivity contribution in [2.24, 2.45) is 4.99 Å². The van der Waals surface area contributed by atoms with Crippen LogP contribution in [-0.2, 0) is 10.0 Å². The first-order valence-electron chi connectivity index (χ1n) is 6.74. The lowest BCUT2D eigenvalue weighted by Crippen LogP contribution is -2.29. The van der Waals surface area contributed by atoms with E-state index in [1.54, 1.807) is 12.1 Å². The van der Waals surface area contributed by atoms with Gasteiger partial charge in [0.05, 0.1) is 17.1 Å². The van der Waals surface area contributed by atoms with Gasteiger partial charge in [-0.2, -0.15) is 4.99 Å². The van der Waals surface area contributed by atoms with E-state index in [0.717, 1.165) is 11.1 Å². The fraction of sp³-hybridized carbons (Fsp3) is 0.200. The van der Waals surface area contributed by atoms with Gasteiger partial charge in [-0.15, -0.1) is 0 Å². The average molecular weight is 317 g/mol. The van der Waals surface area contributed by atoms with Crippen molar-refractivity contribution in [1.82, 2.24) is 5.32 Å². The number of nitrogens with one attached hydrogen (secondary N) is 2. The standard InChI is InChI=1S/C15H15N3O3S/c1-9-3-5-12(10(2)7-9)18-22(20,21)11-4-6-13-14(8-11)17-15(19)16-13/h3-8,11,18H,1-2H3,(H,17,19). The Morgan fingerprint density at radius 3 is 2.77 bits per heavy atom. The first-order valence-corrected chi connectivity index (χ1v) is 8.29. The van der Waals surface area contributed by atoms with Crippen LogP contribution in [-0.4, -0.2) is 25.4 Å². The molecule has 1 aliphatic heterocycles. The lowest BCUT2D eigenvalue weighted by Gasteiger charge is -2.17. The second-order valence-corrected chi connectivity index (χ2v) is 7.14. The zero-order valence-corrected chi connectivity index (χ0v) is 12.9. The highest BCUT2D eigenvalue weighted by atomic mass is 32.2. The molecule has 114 valence electrons. The largest absolute Gasteiger partial charge is 0.346 e. The molecule has 0 saturated heterocycles. The van der Waals surface area contributed by atoms with Gasteiger partial charge in [-0.25, -0.2) is 13.2 Å². The maximum absolute atomic E-state index is 12.5. The van der Waals surface area contributed by atoms with E-state index in [1.165, 1.54) is 12.2 Å². The molecule has 0 saturated carbocycles. The summed E-state index contributed by atoms with van der Waals surface area (Å²) in [5.41, 5.74) is 3.36. The van der Waals surface area contributed by atoms with Crippen LogP contribution < -0.4 is 10.0 Å². The van der Waals surface area contributed by atoms with Gasteiger partial charge in [0.1, 0.15) is 5.25 Å². The number of hydrogen-bond donors (Lipinski definition) is 2. The Labute approximate surface area is 128 Å². The number of anilines is 1. The number of amides is 2. The Balaban J connectivity index is 1.87. The van der Waals surface area contributed by atoms with E-state index in [-0.39, 0.29) is 0 Å². The number of fused-ring (bicyclic) bond motifs is 1. The molecule has 0 radical (unpaired) electrons. The second-order valence-electron chi connectivity index (χ2n) is 5.30. The van der Waals surface area contributed by atoms with E-state index in [0.29, 0.717) is 17.1 Å². The molecular formula is C15H15N3O3S. The molecule has 0 bridgehead atoms. The molecule has 1 heterocycles. The maximum atomic E-state index is 12.5. The minimum atomic E-state index is -3.65. The molecule has 22 heavy (non-hydrogen) atoms. The van der Waals surface area contributed by atoms with Crippen molar-refractivity contribution in [3.63, 3.8) is 0 Å². The molecule has 1 aliphatic carbocycles. The fourth-order valence-electron chi connectivity index (χ4n) is 2.38. The lowest BCUT2D eigenvalue weighted by molar-refractivity contribution is 0.253. The number of allylic oxidation sites excluding steroid dienone is 1. The average Bonchev–Trinajstić information content (AvgIpc) is 2.81. The summed E-state index contributed by atoms with van der Waals surface area (Å²) in [5.74, 6) is 0. The summed E-state index contributed by atoms with van der Waals surface area (Å²) in [6.07, 6.45) is 4.53. The lowest BCUT2D eigenvalue weighted by atomic mass is 10.1. The van der Waals surface area contributed by atoms with Gasteiger partial charge in [0.15, 0.2) is 0 Å². The van der Waals surface area contributed by atoms with Crippen LogP contribution in [0.1, 0.15) is 11.1 Å². The van der Waals surface area contributed by atoms with Crippen LogP contribution in [0.4, 0.5) is 10.5 Å². The molecule has 7 heteroatoms. The van der Waals surface area contributed by atoms with Gasteiger partial charge in [0.2, 0.25) is 10.0 Å². The Kier molecular flexibility index (Phi) is 3.37. The minimum absolute atomic E-state index is 0.434. The summed E-state index contributed by atoms with van der Waals surface area (Å²) >= 11 is 0. The molecule has 2 N–H and O–H groups in total. The molecule has 2 aliphatic rings. The number of hydrogen-bond acceptors (Lipinski definition) is 3. The van der Waals surface area contributed by atoms with Gasteiger partial charge in [0, 0.05) is 0 Å². The molecule has 6 nitrogen and oxygen atoms in total. The smallest absolute Gasteiger partial charge is 0.304 e. The summed E-state index contributed by atoms with van der Waals surface area (Å²) in [6, 6.07) is 5.02. The Morgan fingerprint density at radius 1 is 1.27 bits per heavy atom. The number of urea groups is 1. The number of rotatable bonds is 3. The topological polar surface area (TPSA) is 87.6 Å². The quantitative estimate of drug-likeness (QED) is 0.894. The highest BCUT2D eigenvalue weighted by Gasteiger charge is 2.29. The summed E-state index contributed by atoms with van der Waals surface area (Å²) in [5, 5.41) is 1.65. The molecule has 1 atom stereocenters. The number of aliphatic imine (C=N–C) groups is 1. The molecule has 2 amide bonds. The van der Waals surface area contributed by atoms with Crippen LogP contribution in [0.25, 0.3) is 0 Å². The van der Waals surface area contributed by atoms with Gasteiger partial charge in [0.25, 0.3) is 0 Å². The Hall–Kier alpha value is -2.41. The molecule has 0 fully saturated rings. The molecule has 3 rings (SSSR count). The second kappa shape index (κ2) is 5.10. The Morgan fingerprint density at radius 2 is 2.05 bits per heavy atom. The minimum Gasteiger partial charge on any atom is -0.304 e. The van der Waals surface area contributed by atoms with Crippen molar-refractivity contribution >= 4 is 27.5 Å². The third kappa shape index (κ3) is 2.67. The highest BCUT2D eigenvalue weighted by Crippen LogP contribution is 2.22. The number of nitrogens with zero attached hydrogens (tertiary/aromatic N) is 1. The number of carbonyl (C=O) groups excluding carboxylic acids is 1. The monoisotopic (exact) mass is 317 g/mol. The summed E-state index contributed by atoms with van der Waals surface area (Å²) < 4.78 is 27.6. The maximum Gasteiger partial charge on any atom is 0.346 e. The predicted octanol–water partition coefficient (Wildman–Crippen LogP) is 2.03. The van der Waals surface area contributed by atoms with E-state index >= 15 is 0 Å².